The summed E-state index contributed by atoms with van der Waals surface area (Å²) in [5.41, 5.74) is 1.18. The molecular weight excluding hydrogens is 342 g/mol. The zero-order chi connectivity index (χ0) is 19.2. The van der Waals surface area contributed by atoms with Crippen LogP contribution < -0.4 is 24.6 Å². The second-order valence-corrected chi connectivity index (χ2v) is 7.97. The lowest BCUT2D eigenvalue weighted by atomic mass is 10.1. The minimum atomic E-state index is 0.0403. The third kappa shape index (κ3) is 5.14. The van der Waals surface area contributed by atoms with Gasteiger partial charge in [-0.05, 0) is 38.0 Å². The summed E-state index contributed by atoms with van der Waals surface area (Å²) in [5.74, 6) is 2.02. The van der Waals surface area contributed by atoms with Crippen LogP contribution in [0.5, 0.6) is 11.5 Å². The van der Waals surface area contributed by atoms with Gasteiger partial charge in [-0.25, -0.2) is 0 Å². The van der Waals surface area contributed by atoms with Crippen LogP contribution in [-0.2, 0) is 11.3 Å². The fourth-order valence-electron chi connectivity index (χ4n) is 4.41. The van der Waals surface area contributed by atoms with Crippen molar-refractivity contribution in [3.63, 3.8) is 0 Å². The Labute approximate surface area is 162 Å². The first-order chi connectivity index (χ1) is 13.1. The number of amides is 1. The number of piperazine rings is 1. The van der Waals surface area contributed by atoms with Crippen molar-refractivity contribution in [2.45, 2.75) is 51.2 Å². The van der Waals surface area contributed by atoms with Gasteiger partial charge in [-0.15, -0.1) is 0 Å². The van der Waals surface area contributed by atoms with Gasteiger partial charge in [0.05, 0.1) is 19.8 Å². The topological polar surface area (TPSA) is 56.4 Å². The van der Waals surface area contributed by atoms with E-state index in [9.17, 15) is 4.79 Å². The van der Waals surface area contributed by atoms with Gasteiger partial charge < -0.3 is 24.6 Å². The lowest BCUT2D eigenvalue weighted by Crippen LogP contribution is -3.29. The molecule has 1 saturated heterocycles. The Morgan fingerprint density at radius 3 is 2.48 bits per heavy atom. The first-order valence-electron chi connectivity index (χ1n) is 10.3. The van der Waals surface area contributed by atoms with Gasteiger partial charge in [-0.1, -0.05) is 12.8 Å². The molecule has 6 nitrogen and oxygen atoms in total. The zero-order valence-corrected chi connectivity index (χ0v) is 17.0. The summed E-state index contributed by atoms with van der Waals surface area (Å²) >= 11 is 0. The quantitative estimate of drug-likeness (QED) is 0.597. The number of carbonyl (C=O) groups excluding carboxylic acids is 1. The first-order valence-corrected chi connectivity index (χ1v) is 10.3. The number of carbonyl (C=O) groups is 1. The summed E-state index contributed by atoms with van der Waals surface area (Å²) in [5, 5.41) is 3.26. The van der Waals surface area contributed by atoms with Crippen molar-refractivity contribution in [3.8, 4) is 11.5 Å². The van der Waals surface area contributed by atoms with Gasteiger partial charge in [0, 0.05) is 6.04 Å². The van der Waals surface area contributed by atoms with Crippen LogP contribution in [0.2, 0.25) is 0 Å². The van der Waals surface area contributed by atoms with E-state index >= 15 is 0 Å². The summed E-state index contributed by atoms with van der Waals surface area (Å²) in [4.78, 5) is 15.5. The maximum absolute atomic E-state index is 12.6. The number of quaternary nitrogens is 2. The van der Waals surface area contributed by atoms with E-state index in [-0.39, 0.29) is 11.9 Å². The Morgan fingerprint density at radius 2 is 1.85 bits per heavy atom. The van der Waals surface area contributed by atoms with Crippen LogP contribution in [0.4, 0.5) is 0 Å². The minimum Gasteiger partial charge on any atom is -0.497 e. The molecule has 1 amide bonds. The molecule has 1 aliphatic carbocycles. The number of benzene rings is 1. The van der Waals surface area contributed by atoms with Gasteiger partial charge in [0.1, 0.15) is 44.2 Å². The molecule has 1 aliphatic heterocycles. The zero-order valence-electron chi connectivity index (χ0n) is 17.0. The number of hydrogen-bond acceptors (Lipinski definition) is 3. The van der Waals surface area contributed by atoms with Crippen LogP contribution in [0.1, 0.15) is 38.2 Å². The second-order valence-electron chi connectivity index (χ2n) is 7.97. The molecule has 1 aromatic carbocycles. The van der Waals surface area contributed by atoms with Crippen molar-refractivity contribution < 1.29 is 24.1 Å². The third-order valence-corrected chi connectivity index (χ3v) is 6.23. The molecule has 3 N–H and O–H groups in total. The molecule has 1 atom stereocenters. The highest BCUT2D eigenvalue weighted by Crippen LogP contribution is 2.23. The maximum atomic E-state index is 12.6. The smallest absolute Gasteiger partial charge is 0.278 e. The molecule has 0 radical (unpaired) electrons. The van der Waals surface area contributed by atoms with Gasteiger partial charge in [0.25, 0.3) is 5.91 Å². The SMILES string of the molecule is COc1ccc(OC)c(C[NH+]2CC[NH+]([C@H](C)C(=O)NC3CCCC3)CC2)c1. The van der Waals surface area contributed by atoms with Gasteiger partial charge >= 0.3 is 0 Å². The van der Waals surface area contributed by atoms with Gasteiger partial charge in [-0.3, -0.25) is 4.79 Å². The Bertz CT molecular complexity index is 623. The highest BCUT2D eigenvalue weighted by molar-refractivity contribution is 5.80. The van der Waals surface area contributed by atoms with Crippen LogP contribution >= 0.6 is 0 Å². The molecule has 6 heteroatoms. The van der Waals surface area contributed by atoms with Crippen molar-refractivity contribution in [1.82, 2.24) is 5.32 Å². The van der Waals surface area contributed by atoms with E-state index in [0.717, 1.165) is 57.1 Å². The number of methoxy groups -OCH3 is 2. The normalized spacial score (nSPS) is 24.4. The largest absolute Gasteiger partial charge is 0.497 e. The van der Waals surface area contributed by atoms with Crippen molar-refractivity contribution in [2.24, 2.45) is 0 Å². The monoisotopic (exact) mass is 377 g/mol. The first kappa shape index (κ1) is 20.0. The Hall–Kier alpha value is -1.79. The molecule has 0 bridgehead atoms. The molecule has 150 valence electrons. The molecule has 1 heterocycles. The molecule has 0 spiro atoms. The van der Waals surface area contributed by atoms with E-state index in [2.05, 4.69) is 18.3 Å². The summed E-state index contributed by atoms with van der Waals surface area (Å²) in [6.45, 7) is 7.20. The number of nitrogens with one attached hydrogen (secondary N) is 3. The summed E-state index contributed by atoms with van der Waals surface area (Å²) in [6, 6.07) is 6.43. The van der Waals surface area contributed by atoms with E-state index in [1.807, 2.05) is 12.1 Å². The summed E-state index contributed by atoms with van der Waals surface area (Å²) < 4.78 is 10.9. The van der Waals surface area contributed by atoms with Crippen molar-refractivity contribution in [3.05, 3.63) is 23.8 Å². The van der Waals surface area contributed by atoms with Gasteiger partial charge in [0.2, 0.25) is 0 Å². The number of ether oxygens (including phenoxy) is 2. The predicted molar refractivity (Wildman–Crippen MR) is 105 cm³/mol. The van der Waals surface area contributed by atoms with E-state index in [1.165, 1.54) is 28.2 Å². The van der Waals surface area contributed by atoms with Gasteiger partial charge in [-0.2, -0.15) is 0 Å². The molecule has 27 heavy (non-hydrogen) atoms. The molecule has 1 aromatic rings. The Kier molecular flexibility index (Phi) is 6.96. The number of rotatable bonds is 7. The average molecular weight is 378 g/mol. The summed E-state index contributed by atoms with van der Waals surface area (Å²) in [7, 11) is 3.41. The van der Waals surface area contributed by atoms with Gasteiger partial charge in [0.15, 0.2) is 6.04 Å². The third-order valence-electron chi connectivity index (χ3n) is 6.23. The molecular formula is C21H35N3O3+2. The van der Waals surface area contributed by atoms with Crippen LogP contribution in [-0.4, -0.2) is 58.4 Å². The van der Waals surface area contributed by atoms with Crippen molar-refractivity contribution >= 4 is 5.91 Å². The fourth-order valence-corrected chi connectivity index (χ4v) is 4.41. The fraction of sp³-hybridized carbons (Fsp3) is 0.667. The van der Waals surface area contributed by atoms with Crippen LogP contribution in [0.3, 0.4) is 0 Å². The number of hydrogen-bond donors (Lipinski definition) is 3. The Balaban J connectivity index is 1.50. The molecule has 0 unspecified atom stereocenters. The van der Waals surface area contributed by atoms with E-state index in [0.29, 0.717) is 6.04 Å². The van der Waals surface area contributed by atoms with E-state index in [1.54, 1.807) is 14.2 Å². The molecule has 2 fully saturated rings. The highest BCUT2D eigenvalue weighted by Gasteiger charge is 2.32. The maximum Gasteiger partial charge on any atom is 0.278 e. The Morgan fingerprint density at radius 1 is 1.15 bits per heavy atom. The van der Waals surface area contributed by atoms with E-state index < -0.39 is 0 Å². The average Bonchev–Trinajstić information content (AvgIpc) is 3.21. The van der Waals surface area contributed by atoms with Crippen LogP contribution in [0, 0.1) is 0 Å². The standard InChI is InChI=1S/C21H33N3O3/c1-16(21(25)22-18-6-4-5-7-18)24-12-10-23(11-13-24)15-17-14-19(26-2)8-9-20(17)27-3/h8-9,14,16,18H,4-7,10-13,15H2,1-3H3,(H,22,25)/p+2/t16-/m1/s1. The van der Waals surface area contributed by atoms with Crippen molar-refractivity contribution in [2.75, 3.05) is 40.4 Å². The lowest BCUT2D eigenvalue weighted by Gasteiger charge is -2.33. The van der Waals surface area contributed by atoms with E-state index in [4.69, 9.17) is 9.47 Å². The van der Waals surface area contributed by atoms with Crippen LogP contribution in [0.15, 0.2) is 18.2 Å². The molecule has 0 aromatic heterocycles. The molecule has 1 saturated carbocycles. The predicted octanol–water partition coefficient (Wildman–Crippen LogP) is -0.565. The van der Waals surface area contributed by atoms with Crippen molar-refractivity contribution in [1.29, 1.82) is 0 Å². The summed E-state index contributed by atoms with van der Waals surface area (Å²) in [6.07, 6.45) is 4.80. The second kappa shape index (κ2) is 9.42. The molecule has 3 rings (SSSR count). The highest BCUT2D eigenvalue weighted by atomic mass is 16.5. The lowest BCUT2D eigenvalue weighted by molar-refractivity contribution is -1.02. The minimum absolute atomic E-state index is 0.0403. The molecule has 2 aliphatic rings. The van der Waals surface area contributed by atoms with Crippen LogP contribution in [0.25, 0.3) is 0 Å².